The first-order valence-corrected chi connectivity index (χ1v) is 5.95. The van der Waals surface area contributed by atoms with E-state index >= 15 is 0 Å². The van der Waals surface area contributed by atoms with E-state index in [1.165, 1.54) is 38.4 Å². The molecule has 0 unspecified atom stereocenters. The van der Waals surface area contributed by atoms with Crippen LogP contribution < -0.4 is 0 Å². The molecular weight excluding hydrogens is 176 g/mol. The smallest absolute Gasteiger partial charge is 0.124 e. The van der Waals surface area contributed by atoms with Gasteiger partial charge in [0.1, 0.15) is 6.29 Å². The van der Waals surface area contributed by atoms with E-state index in [-0.39, 0.29) is 5.41 Å². The van der Waals surface area contributed by atoms with E-state index < -0.39 is 0 Å². The van der Waals surface area contributed by atoms with E-state index in [0.717, 1.165) is 13.0 Å². The maximum Gasteiger partial charge on any atom is 0.124 e. The molecule has 0 amide bonds. The first kappa shape index (κ1) is 8.90. The standard InChI is InChI=1S/C12H18O2/c13-8-10-9-4-3-7-14-11(9)12(10)5-1-2-6-12/h8-11H,1-7H2/t9-,10-,11-/m1/s1. The Balaban J connectivity index is 1.85. The second-order valence-corrected chi connectivity index (χ2v) is 5.20. The summed E-state index contributed by atoms with van der Waals surface area (Å²) in [5.41, 5.74) is 0.285. The summed E-state index contributed by atoms with van der Waals surface area (Å²) in [7, 11) is 0. The molecule has 0 N–H and O–H groups in total. The summed E-state index contributed by atoms with van der Waals surface area (Å²) in [5.74, 6) is 0.898. The number of ether oxygens (including phenoxy) is 1. The van der Waals surface area contributed by atoms with Crippen LogP contribution in [0.3, 0.4) is 0 Å². The molecule has 1 heterocycles. The van der Waals surface area contributed by atoms with Gasteiger partial charge in [0.05, 0.1) is 6.10 Å². The Bertz CT molecular complexity index is 243. The van der Waals surface area contributed by atoms with Crippen molar-refractivity contribution in [3.05, 3.63) is 0 Å². The monoisotopic (exact) mass is 194 g/mol. The maximum atomic E-state index is 11.1. The Hall–Kier alpha value is -0.370. The fourth-order valence-corrected chi connectivity index (χ4v) is 4.15. The van der Waals surface area contributed by atoms with Crippen molar-refractivity contribution < 1.29 is 9.53 Å². The van der Waals surface area contributed by atoms with Crippen LogP contribution in [0.15, 0.2) is 0 Å². The van der Waals surface area contributed by atoms with Crippen LogP contribution in [-0.2, 0) is 9.53 Å². The van der Waals surface area contributed by atoms with Gasteiger partial charge in [-0.3, -0.25) is 0 Å². The molecule has 2 aliphatic carbocycles. The maximum absolute atomic E-state index is 11.1. The summed E-state index contributed by atoms with van der Waals surface area (Å²) in [5, 5.41) is 0. The van der Waals surface area contributed by atoms with E-state index in [0.29, 0.717) is 17.9 Å². The van der Waals surface area contributed by atoms with Crippen molar-refractivity contribution in [1.29, 1.82) is 0 Å². The fourth-order valence-electron chi connectivity index (χ4n) is 4.15. The van der Waals surface area contributed by atoms with Crippen molar-refractivity contribution in [2.75, 3.05) is 6.61 Å². The van der Waals surface area contributed by atoms with E-state index in [2.05, 4.69) is 0 Å². The highest BCUT2D eigenvalue weighted by molar-refractivity contribution is 5.59. The molecule has 0 aromatic rings. The number of hydrogen-bond acceptors (Lipinski definition) is 2. The average molecular weight is 194 g/mol. The Labute approximate surface area is 85.0 Å². The van der Waals surface area contributed by atoms with Gasteiger partial charge in [0, 0.05) is 17.9 Å². The number of hydrogen-bond donors (Lipinski definition) is 0. The molecule has 14 heavy (non-hydrogen) atoms. The van der Waals surface area contributed by atoms with Crippen molar-refractivity contribution in [3.63, 3.8) is 0 Å². The Kier molecular flexibility index (Phi) is 1.94. The molecule has 2 saturated carbocycles. The minimum Gasteiger partial charge on any atom is -0.377 e. The van der Waals surface area contributed by atoms with Crippen molar-refractivity contribution >= 4 is 6.29 Å². The van der Waals surface area contributed by atoms with Gasteiger partial charge in [0.15, 0.2) is 0 Å². The lowest BCUT2D eigenvalue weighted by molar-refractivity contribution is -0.219. The summed E-state index contributed by atoms with van der Waals surface area (Å²) >= 11 is 0. The highest BCUT2D eigenvalue weighted by atomic mass is 16.5. The molecule has 3 rings (SSSR count). The summed E-state index contributed by atoms with van der Waals surface area (Å²) in [6, 6.07) is 0. The quantitative estimate of drug-likeness (QED) is 0.598. The van der Waals surface area contributed by atoms with E-state index in [1.54, 1.807) is 0 Å². The van der Waals surface area contributed by atoms with Crippen molar-refractivity contribution in [2.24, 2.45) is 17.3 Å². The number of fused-ring (bicyclic) bond motifs is 2. The van der Waals surface area contributed by atoms with Gasteiger partial charge in [-0.2, -0.15) is 0 Å². The summed E-state index contributed by atoms with van der Waals surface area (Å²) in [6.07, 6.45) is 9.11. The third-order valence-electron chi connectivity index (χ3n) is 4.74. The highest BCUT2D eigenvalue weighted by Crippen LogP contribution is 2.62. The zero-order chi connectivity index (χ0) is 9.60. The lowest BCUT2D eigenvalue weighted by Gasteiger charge is -2.59. The predicted octanol–water partition coefficient (Wildman–Crippen LogP) is 2.17. The van der Waals surface area contributed by atoms with Crippen molar-refractivity contribution in [2.45, 2.75) is 44.6 Å². The van der Waals surface area contributed by atoms with E-state index in [1.807, 2.05) is 0 Å². The molecule has 78 valence electrons. The van der Waals surface area contributed by atoms with Crippen LogP contribution in [0.4, 0.5) is 0 Å². The molecule has 0 aromatic carbocycles. The van der Waals surface area contributed by atoms with Gasteiger partial charge in [0.25, 0.3) is 0 Å². The molecule has 3 aliphatic rings. The first-order valence-electron chi connectivity index (χ1n) is 5.95. The van der Waals surface area contributed by atoms with Gasteiger partial charge in [0.2, 0.25) is 0 Å². The zero-order valence-corrected chi connectivity index (χ0v) is 8.58. The molecule has 1 saturated heterocycles. The fraction of sp³-hybridized carbons (Fsp3) is 0.917. The van der Waals surface area contributed by atoms with Gasteiger partial charge >= 0.3 is 0 Å². The normalized spacial score (nSPS) is 44.4. The minimum atomic E-state index is 0.285. The summed E-state index contributed by atoms with van der Waals surface area (Å²) < 4.78 is 5.89. The van der Waals surface area contributed by atoms with Crippen LogP contribution in [0.2, 0.25) is 0 Å². The molecule has 0 bridgehead atoms. The topological polar surface area (TPSA) is 26.3 Å². The summed E-state index contributed by atoms with van der Waals surface area (Å²) in [6.45, 7) is 0.925. The third kappa shape index (κ3) is 0.928. The van der Waals surface area contributed by atoms with Crippen molar-refractivity contribution in [1.82, 2.24) is 0 Å². The molecular formula is C12H18O2. The summed E-state index contributed by atoms with van der Waals surface area (Å²) in [4.78, 5) is 11.1. The molecule has 0 aromatic heterocycles. The van der Waals surface area contributed by atoms with Gasteiger partial charge in [-0.1, -0.05) is 12.8 Å². The molecule has 3 atom stereocenters. The Morgan fingerprint density at radius 1 is 1.21 bits per heavy atom. The molecule has 2 nitrogen and oxygen atoms in total. The third-order valence-corrected chi connectivity index (χ3v) is 4.74. The van der Waals surface area contributed by atoms with Crippen LogP contribution in [0.5, 0.6) is 0 Å². The largest absolute Gasteiger partial charge is 0.377 e. The Morgan fingerprint density at radius 2 is 2.00 bits per heavy atom. The van der Waals surface area contributed by atoms with E-state index in [4.69, 9.17) is 4.74 Å². The molecule has 3 fully saturated rings. The van der Waals surface area contributed by atoms with Gasteiger partial charge in [-0.05, 0) is 31.6 Å². The molecule has 2 heteroatoms. The highest BCUT2D eigenvalue weighted by Gasteiger charge is 2.63. The number of rotatable bonds is 1. The first-order chi connectivity index (χ1) is 6.88. The van der Waals surface area contributed by atoms with Crippen LogP contribution in [0, 0.1) is 17.3 Å². The number of aldehydes is 1. The average Bonchev–Trinajstić information content (AvgIpc) is 2.69. The number of carbonyl (C=O) groups excluding carboxylic acids is 1. The lowest BCUT2D eigenvalue weighted by Crippen LogP contribution is -2.62. The van der Waals surface area contributed by atoms with Gasteiger partial charge in [-0.15, -0.1) is 0 Å². The minimum absolute atomic E-state index is 0.285. The van der Waals surface area contributed by atoms with E-state index in [9.17, 15) is 4.79 Å². The SMILES string of the molecule is O=C[C@@H]1[C@H]2CCCO[C@H]2C12CCCC2. The van der Waals surface area contributed by atoms with Crippen LogP contribution in [0.25, 0.3) is 0 Å². The second kappa shape index (κ2) is 3.06. The molecule has 0 radical (unpaired) electrons. The predicted molar refractivity (Wildman–Crippen MR) is 52.9 cm³/mol. The second-order valence-electron chi connectivity index (χ2n) is 5.20. The lowest BCUT2D eigenvalue weighted by atomic mass is 9.49. The Morgan fingerprint density at radius 3 is 2.71 bits per heavy atom. The zero-order valence-electron chi connectivity index (χ0n) is 8.58. The van der Waals surface area contributed by atoms with Crippen molar-refractivity contribution in [3.8, 4) is 0 Å². The van der Waals surface area contributed by atoms with Crippen LogP contribution in [-0.4, -0.2) is 19.0 Å². The van der Waals surface area contributed by atoms with Gasteiger partial charge < -0.3 is 9.53 Å². The number of carbonyl (C=O) groups is 1. The molecule has 1 spiro atoms. The van der Waals surface area contributed by atoms with Crippen LogP contribution in [0.1, 0.15) is 38.5 Å². The molecule has 1 aliphatic heterocycles. The van der Waals surface area contributed by atoms with Crippen LogP contribution >= 0.6 is 0 Å². The van der Waals surface area contributed by atoms with Gasteiger partial charge in [-0.25, -0.2) is 0 Å².